The minimum absolute atomic E-state index is 0.903. The summed E-state index contributed by atoms with van der Waals surface area (Å²) >= 11 is 0. The molecule has 0 saturated heterocycles. The molecule has 1 aliphatic rings. The Kier molecular flexibility index (Phi) is 2.17. The quantitative estimate of drug-likeness (QED) is 0.694. The lowest BCUT2D eigenvalue weighted by Crippen LogP contribution is -1.87. The molecule has 1 heterocycles. The number of hydrogen-bond acceptors (Lipinski definition) is 1. The molecule has 0 amide bonds. The van der Waals surface area contributed by atoms with Gasteiger partial charge in [-0.15, -0.1) is 0 Å². The second-order valence-corrected chi connectivity index (χ2v) is 4.09. The van der Waals surface area contributed by atoms with Crippen molar-refractivity contribution in [3.8, 4) is 16.9 Å². The van der Waals surface area contributed by atoms with Gasteiger partial charge >= 0.3 is 0 Å². The Labute approximate surface area is 95.7 Å². The topological polar surface area (TPSA) is 9.23 Å². The maximum atomic E-state index is 5.48. The average Bonchev–Trinajstić information content (AvgIpc) is 2.77. The second-order valence-electron chi connectivity index (χ2n) is 4.09. The lowest BCUT2D eigenvalue weighted by atomic mass is 9.95. The summed E-state index contributed by atoms with van der Waals surface area (Å²) in [4.78, 5) is 0. The Hall–Kier alpha value is -1.76. The van der Waals surface area contributed by atoms with Gasteiger partial charge in [-0.2, -0.15) is 0 Å². The van der Waals surface area contributed by atoms with Crippen LogP contribution in [0.2, 0.25) is 0 Å². The lowest BCUT2D eigenvalue weighted by molar-refractivity contribution is 0.435. The first-order valence-electron chi connectivity index (χ1n) is 5.52. The average molecular weight is 209 g/mol. The highest BCUT2D eigenvalue weighted by atomic mass is 16.5. The maximum absolute atomic E-state index is 5.48. The van der Waals surface area contributed by atoms with Gasteiger partial charge in [-0.05, 0) is 29.7 Å². The molecule has 1 nitrogen and oxygen atoms in total. The summed E-state index contributed by atoms with van der Waals surface area (Å²) in [6.07, 6.45) is 0.903. The molecule has 0 bridgehead atoms. The van der Waals surface area contributed by atoms with Crippen molar-refractivity contribution in [2.75, 3.05) is 0 Å². The molecule has 1 heteroatoms. The van der Waals surface area contributed by atoms with Crippen LogP contribution in [0.5, 0.6) is 5.75 Å². The van der Waals surface area contributed by atoms with Crippen LogP contribution in [0.25, 0.3) is 11.1 Å². The molecule has 16 heavy (non-hydrogen) atoms. The van der Waals surface area contributed by atoms with E-state index in [1.807, 2.05) is 12.7 Å². The Morgan fingerprint density at radius 2 is 1.75 bits per heavy atom. The summed E-state index contributed by atoms with van der Waals surface area (Å²) in [5.41, 5.74) is 5.21. The van der Waals surface area contributed by atoms with E-state index in [0.717, 1.165) is 12.2 Å². The molecule has 2 aromatic rings. The first kappa shape index (κ1) is 9.46. The molecule has 0 unspecified atom stereocenters. The van der Waals surface area contributed by atoms with E-state index >= 15 is 0 Å². The summed E-state index contributed by atoms with van der Waals surface area (Å²) < 4.78 is 5.48. The summed E-state index contributed by atoms with van der Waals surface area (Å²) in [6.45, 7) is 4.01. The Balaban J connectivity index is 2.21. The van der Waals surface area contributed by atoms with E-state index in [-0.39, 0.29) is 0 Å². The number of hydrogen-bond donors (Lipinski definition) is 0. The van der Waals surface area contributed by atoms with E-state index in [9.17, 15) is 0 Å². The summed E-state index contributed by atoms with van der Waals surface area (Å²) in [5.74, 6) is 1.00. The molecular formula is C15H13O. The highest BCUT2D eigenvalue weighted by molar-refractivity contribution is 5.73. The molecule has 1 radical (unpaired) electrons. The normalized spacial score (nSPS) is 13.3. The van der Waals surface area contributed by atoms with Crippen LogP contribution in [0.15, 0.2) is 42.5 Å². The molecule has 0 aromatic heterocycles. The number of fused-ring (bicyclic) bond motifs is 1. The fourth-order valence-electron chi connectivity index (χ4n) is 2.23. The lowest BCUT2D eigenvalue weighted by Gasteiger charge is -2.09. The highest BCUT2D eigenvalue weighted by Gasteiger charge is 2.17. The number of benzene rings is 2. The van der Waals surface area contributed by atoms with Crippen LogP contribution in [0.1, 0.15) is 11.1 Å². The van der Waals surface area contributed by atoms with Crippen LogP contribution in [0, 0.1) is 13.5 Å². The fourth-order valence-corrected chi connectivity index (χ4v) is 2.23. The zero-order chi connectivity index (χ0) is 11.0. The van der Waals surface area contributed by atoms with E-state index in [4.69, 9.17) is 4.74 Å². The third-order valence-electron chi connectivity index (χ3n) is 3.07. The Bertz CT molecular complexity index is 529. The van der Waals surface area contributed by atoms with E-state index in [1.54, 1.807) is 0 Å². The predicted molar refractivity (Wildman–Crippen MR) is 65.2 cm³/mol. The van der Waals surface area contributed by atoms with Crippen molar-refractivity contribution in [3.63, 3.8) is 0 Å². The van der Waals surface area contributed by atoms with Gasteiger partial charge < -0.3 is 4.74 Å². The first-order valence-corrected chi connectivity index (χ1v) is 5.52. The van der Waals surface area contributed by atoms with E-state index in [2.05, 4.69) is 43.3 Å². The fraction of sp³-hybridized carbons (Fsp3) is 0.133. The minimum atomic E-state index is 0.903. The van der Waals surface area contributed by atoms with Gasteiger partial charge in [0.15, 0.2) is 0 Å². The molecule has 0 spiro atoms. The molecule has 1 aliphatic heterocycles. The van der Waals surface area contributed by atoms with Crippen molar-refractivity contribution in [3.05, 3.63) is 60.2 Å². The van der Waals surface area contributed by atoms with Gasteiger partial charge in [-0.25, -0.2) is 0 Å². The SMILES string of the molecule is Cc1ccccc1-c1cccc2c1C[CH]O2. The largest absolute Gasteiger partial charge is 0.486 e. The van der Waals surface area contributed by atoms with Gasteiger partial charge in [0.25, 0.3) is 0 Å². The van der Waals surface area contributed by atoms with Crippen LogP contribution in [0.4, 0.5) is 0 Å². The molecule has 0 N–H and O–H groups in total. The molecule has 0 atom stereocenters. The number of aryl methyl sites for hydroxylation is 1. The summed E-state index contributed by atoms with van der Waals surface area (Å²) in [5, 5.41) is 0. The zero-order valence-electron chi connectivity index (χ0n) is 9.23. The molecular weight excluding hydrogens is 196 g/mol. The zero-order valence-corrected chi connectivity index (χ0v) is 9.23. The van der Waals surface area contributed by atoms with Crippen molar-refractivity contribution >= 4 is 0 Å². The van der Waals surface area contributed by atoms with Crippen molar-refractivity contribution < 1.29 is 4.74 Å². The monoisotopic (exact) mass is 209 g/mol. The van der Waals surface area contributed by atoms with Gasteiger partial charge in [-0.3, -0.25) is 0 Å². The van der Waals surface area contributed by atoms with Crippen LogP contribution in [0.3, 0.4) is 0 Å². The third kappa shape index (κ3) is 1.40. The summed E-state index contributed by atoms with van der Waals surface area (Å²) in [7, 11) is 0. The third-order valence-corrected chi connectivity index (χ3v) is 3.07. The van der Waals surface area contributed by atoms with Crippen LogP contribution in [-0.2, 0) is 6.42 Å². The van der Waals surface area contributed by atoms with Gasteiger partial charge in [0.2, 0.25) is 0 Å². The molecule has 0 saturated carbocycles. The van der Waals surface area contributed by atoms with E-state index < -0.39 is 0 Å². The van der Waals surface area contributed by atoms with Gasteiger partial charge in [0.05, 0.1) is 0 Å². The standard InChI is InChI=1S/C15H13O/c1-11-5-2-3-6-12(11)13-7-4-8-15-14(13)9-10-16-15/h2-8,10H,9H2,1H3. The molecule has 2 aromatic carbocycles. The van der Waals surface area contributed by atoms with Crippen molar-refractivity contribution in [2.45, 2.75) is 13.3 Å². The van der Waals surface area contributed by atoms with Gasteiger partial charge in [0, 0.05) is 12.0 Å². The van der Waals surface area contributed by atoms with Crippen molar-refractivity contribution in [2.24, 2.45) is 0 Å². The molecule has 0 aliphatic carbocycles. The minimum Gasteiger partial charge on any atom is -0.486 e. The van der Waals surface area contributed by atoms with Crippen LogP contribution in [-0.4, -0.2) is 0 Å². The van der Waals surface area contributed by atoms with Gasteiger partial charge in [0.1, 0.15) is 12.4 Å². The second kappa shape index (κ2) is 3.67. The van der Waals surface area contributed by atoms with E-state index in [0.29, 0.717) is 0 Å². The number of ether oxygens (including phenoxy) is 1. The molecule has 3 rings (SSSR count). The smallest absolute Gasteiger partial charge is 0.140 e. The Morgan fingerprint density at radius 1 is 0.938 bits per heavy atom. The predicted octanol–water partition coefficient (Wildman–Crippen LogP) is 3.76. The van der Waals surface area contributed by atoms with Crippen LogP contribution < -0.4 is 4.74 Å². The summed E-state index contributed by atoms with van der Waals surface area (Å²) in [6, 6.07) is 14.7. The van der Waals surface area contributed by atoms with Crippen molar-refractivity contribution in [1.29, 1.82) is 0 Å². The number of rotatable bonds is 1. The molecule has 0 fully saturated rings. The highest BCUT2D eigenvalue weighted by Crippen LogP contribution is 2.36. The first-order chi connectivity index (χ1) is 7.86. The van der Waals surface area contributed by atoms with Gasteiger partial charge in [-0.1, -0.05) is 36.4 Å². The maximum Gasteiger partial charge on any atom is 0.140 e. The van der Waals surface area contributed by atoms with E-state index in [1.165, 1.54) is 22.3 Å². The Morgan fingerprint density at radius 3 is 2.62 bits per heavy atom. The van der Waals surface area contributed by atoms with Crippen molar-refractivity contribution in [1.82, 2.24) is 0 Å². The van der Waals surface area contributed by atoms with Crippen LogP contribution >= 0.6 is 0 Å². The molecule has 79 valence electrons.